The third kappa shape index (κ3) is 3.23. The maximum absolute atomic E-state index is 12.8. The first-order chi connectivity index (χ1) is 14.2. The van der Waals surface area contributed by atoms with Gasteiger partial charge in [0.25, 0.3) is 5.91 Å². The van der Waals surface area contributed by atoms with E-state index in [1.54, 1.807) is 17.9 Å². The monoisotopic (exact) mass is 384 g/mol. The van der Waals surface area contributed by atoms with Crippen LogP contribution in [0.1, 0.15) is 27.5 Å². The van der Waals surface area contributed by atoms with Gasteiger partial charge < -0.3 is 9.42 Å². The number of H-pyrrole nitrogens is 1. The second-order valence-corrected chi connectivity index (χ2v) is 7.27. The van der Waals surface area contributed by atoms with Crippen molar-refractivity contribution < 1.29 is 9.32 Å². The first kappa shape index (κ1) is 17.4. The van der Waals surface area contributed by atoms with Crippen molar-refractivity contribution in [1.29, 1.82) is 0 Å². The maximum atomic E-state index is 12.8. The highest BCUT2D eigenvalue weighted by Gasteiger charge is 2.27. The van der Waals surface area contributed by atoms with Gasteiger partial charge >= 0.3 is 0 Å². The Balaban J connectivity index is 1.41. The quantitative estimate of drug-likeness (QED) is 0.573. The number of aryl methyl sites for hydroxylation is 1. The Labute approximate surface area is 168 Å². The van der Waals surface area contributed by atoms with Gasteiger partial charge in [-0.1, -0.05) is 59.8 Å². The Morgan fingerprint density at radius 2 is 1.76 bits per heavy atom. The molecule has 0 atom stereocenters. The zero-order chi connectivity index (χ0) is 19.8. The molecular formula is C23H20N4O2. The third-order valence-corrected chi connectivity index (χ3v) is 5.33. The lowest BCUT2D eigenvalue weighted by molar-refractivity contribution is 0.0724. The average molecular weight is 384 g/mol. The van der Waals surface area contributed by atoms with Crippen LogP contribution in [0.25, 0.3) is 22.4 Å². The van der Waals surface area contributed by atoms with Crippen LogP contribution < -0.4 is 0 Å². The summed E-state index contributed by atoms with van der Waals surface area (Å²) in [4.78, 5) is 14.6. The molecule has 29 heavy (non-hydrogen) atoms. The number of aromatic nitrogens is 3. The van der Waals surface area contributed by atoms with Gasteiger partial charge in [-0.05, 0) is 18.1 Å². The summed E-state index contributed by atoms with van der Waals surface area (Å²) >= 11 is 0. The van der Waals surface area contributed by atoms with Crippen molar-refractivity contribution in [3.8, 4) is 22.4 Å². The van der Waals surface area contributed by atoms with Crippen molar-refractivity contribution in [2.45, 2.75) is 19.9 Å². The first-order valence-corrected chi connectivity index (χ1v) is 9.63. The van der Waals surface area contributed by atoms with Gasteiger partial charge in [0.15, 0.2) is 5.69 Å². The Kier molecular flexibility index (Phi) is 4.24. The van der Waals surface area contributed by atoms with Gasteiger partial charge in [0, 0.05) is 35.9 Å². The second-order valence-electron chi connectivity index (χ2n) is 7.27. The van der Waals surface area contributed by atoms with E-state index >= 15 is 0 Å². The number of amides is 1. The Morgan fingerprint density at radius 3 is 2.48 bits per heavy atom. The lowest BCUT2D eigenvalue weighted by Gasteiger charge is -2.26. The minimum absolute atomic E-state index is 0.112. The van der Waals surface area contributed by atoms with Crippen LogP contribution in [0.2, 0.25) is 0 Å². The molecule has 0 unspecified atom stereocenters. The minimum Gasteiger partial charge on any atom is -0.361 e. The van der Waals surface area contributed by atoms with Crippen LogP contribution in [-0.2, 0) is 13.0 Å². The highest BCUT2D eigenvalue weighted by atomic mass is 16.5. The number of benzene rings is 2. The molecule has 0 aliphatic carbocycles. The zero-order valence-corrected chi connectivity index (χ0v) is 16.1. The lowest BCUT2D eigenvalue weighted by atomic mass is 9.98. The van der Waals surface area contributed by atoms with E-state index in [1.165, 1.54) is 5.56 Å². The number of rotatable bonds is 3. The zero-order valence-electron chi connectivity index (χ0n) is 16.1. The van der Waals surface area contributed by atoms with Gasteiger partial charge in [-0.15, -0.1) is 0 Å². The molecule has 1 aliphatic rings. The topological polar surface area (TPSA) is 75.0 Å². The number of carbonyl (C=O) groups excluding carboxylic acids is 1. The molecule has 5 rings (SSSR count). The molecule has 0 saturated carbocycles. The SMILES string of the molecule is Cc1cc(C(=O)N2CCc3[nH]nc(-c4ccc(-c5ccccc5)cc4)c3C2)no1. The number of aromatic amines is 1. The van der Waals surface area contributed by atoms with Crippen molar-refractivity contribution in [2.24, 2.45) is 0 Å². The van der Waals surface area contributed by atoms with E-state index in [4.69, 9.17) is 4.52 Å². The molecule has 1 aliphatic heterocycles. The molecule has 1 amide bonds. The van der Waals surface area contributed by atoms with Crippen LogP contribution in [0, 0.1) is 6.92 Å². The molecule has 0 radical (unpaired) electrons. The normalized spacial score (nSPS) is 13.3. The lowest BCUT2D eigenvalue weighted by Crippen LogP contribution is -2.36. The molecule has 0 bridgehead atoms. The first-order valence-electron chi connectivity index (χ1n) is 9.63. The summed E-state index contributed by atoms with van der Waals surface area (Å²) in [5.41, 5.74) is 6.79. The summed E-state index contributed by atoms with van der Waals surface area (Å²) in [5.74, 6) is 0.521. The number of fused-ring (bicyclic) bond motifs is 1. The summed E-state index contributed by atoms with van der Waals surface area (Å²) in [6.07, 6.45) is 0.743. The molecule has 0 spiro atoms. The standard InChI is InChI=1S/C23H20N4O2/c1-15-13-21(26-29-15)23(28)27-12-11-20-19(14-27)22(25-24-20)18-9-7-17(8-10-18)16-5-3-2-4-6-16/h2-10,13H,11-12,14H2,1H3,(H,24,25). The number of hydrogen-bond acceptors (Lipinski definition) is 4. The molecule has 4 aromatic rings. The molecule has 6 heteroatoms. The number of nitrogens with zero attached hydrogens (tertiary/aromatic N) is 3. The highest BCUT2D eigenvalue weighted by Crippen LogP contribution is 2.30. The fourth-order valence-electron chi connectivity index (χ4n) is 3.79. The smallest absolute Gasteiger partial charge is 0.276 e. The molecule has 0 saturated heterocycles. The van der Waals surface area contributed by atoms with Gasteiger partial charge in [0.2, 0.25) is 0 Å². The second kappa shape index (κ2) is 7.05. The predicted octanol–water partition coefficient (Wildman–Crippen LogP) is 4.24. The van der Waals surface area contributed by atoms with E-state index in [0.29, 0.717) is 24.5 Å². The molecule has 144 valence electrons. The van der Waals surface area contributed by atoms with Crippen molar-refractivity contribution >= 4 is 5.91 Å². The van der Waals surface area contributed by atoms with E-state index in [1.807, 2.05) is 18.2 Å². The van der Waals surface area contributed by atoms with E-state index in [0.717, 1.165) is 34.5 Å². The van der Waals surface area contributed by atoms with E-state index < -0.39 is 0 Å². The minimum atomic E-state index is -0.112. The van der Waals surface area contributed by atoms with Gasteiger partial charge in [-0.2, -0.15) is 5.10 Å². The van der Waals surface area contributed by atoms with Crippen LogP contribution in [0.5, 0.6) is 0 Å². The van der Waals surface area contributed by atoms with Crippen LogP contribution in [-0.4, -0.2) is 32.7 Å². The number of hydrogen-bond donors (Lipinski definition) is 1. The fraction of sp³-hybridized carbons (Fsp3) is 0.174. The molecular weight excluding hydrogens is 364 g/mol. The summed E-state index contributed by atoms with van der Waals surface area (Å²) in [7, 11) is 0. The molecule has 6 nitrogen and oxygen atoms in total. The van der Waals surface area contributed by atoms with Crippen molar-refractivity contribution in [3.05, 3.63) is 83.4 Å². The van der Waals surface area contributed by atoms with Crippen molar-refractivity contribution in [2.75, 3.05) is 6.54 Å². The third-order valence-electron chi connectivity index (χ3n) is 5.33. The Bertz CT molecular complexity index is 1160. The average Bonchev–Trinajstić information content (AvgIpc) is 3.40. The van der Waals surface area contributed by atoms with E-state index in [2.05, 4.69) is 51.8 Å². The molecule has 1 N–H and O–H groups in total. The summed E-state index contributed by atoms with van der Waals surface area (Å²) in [6.45, 7) is 2.92. The van der Waals surface area contributed by atoms with Crippen LogP contribution in [0.3, 0.4) is 0 Å². The molecule has 0 fully saturated rings. The van der Waals surface area contributed by atoms with Gasteiger partial charge in [0.1, 0.15) is 5.76 Å². The number of carbonyl (C=O) groups is 1. The van der Waals surface area contributed by atoms with Gasteiger partial charge in [0.05, 0.1) is 12.2 Å². The van der Waals surface area contributed by atoms with Crippen molar-refractivity contribution in [3.63, 3.8) is 0 Å². The largest absolute Gasteiger partial charge is 0.361 e. The fourth-order valence-corrected chi connectivity index (χ4v) is 3.79. The van der Waals surface area contributed by atoms with E-state index in [-0.39, 0.29) is 5.91 Å². The molecule has 2 aromatic carbocycles. The van der Waals surface area contributed by atoms with Gasteiger partial charge in [-0.25, -0.2) is 0 Å². The van der Waals surface area contributed by atoms with Crippen LogP contribution in [0.4, 0.5) is 0 Å². The summed E-state index contributed by atoms with van der Waals surface area (Å²) in [6, 6.07) is 20.3. The van der Waals surface area contributed by atoms with Crippen LogP contribution in [0.15, 0.2) is 65.2 Å². The van der Waals surface area contributed by atoms with Crippen LogP contribution >= 0.6 is 0 Å². The van der Waals surface area contributed by atoms with Crippen molar-refractivity contribution in [1.82, 2.24) is 20.3 Å². The Hall–Kier alpha value is -3.67. The number of nitrogens with one attached hydrogen (secondary N) is 1. The predicted molar refractivity (Wildman–Crippen MR) is 109 cm³/mol. The van der Waals surface area contributed by atoms with Gasteiger partial charge in [-0.3, -0.25) is 9.89 Å². The maximum Gasteiger partial charge on any atom is 0.276 e. The van der Waals surface area contributed by atoms with E-state index in [9.17, 15) is 4.79 Å². The molecule has 2 aromatic heterocycles. The Morgan fingerprint density at radius 1 is 1.03 bits per heavy atom. The summed E-state index contributed by atoms with van der Waals surface area (Å²) < 4.78 is 5.06. The highest BCUT2D eigenvalue weighted by molar-refractivity contribution is 5.92. The molecule has 3 heterocycles. The summed E-state index contributed by atoms with van der Waals surface area (Å²) in [5, 5.41) is 11.6.